The summed E-state index contributed by atoms with van der Waals surface area (Å²) < 4.78 is 7.94. The Morgan fingerprint density at radius 2 is 1.75 bits per heavy atom. The summed E-state index contributed by atoms with van der Waals surface area (Å²) in [4.78, 5) is 8.03. The van der Waals surface area contributed by atoms with Gasteiger partial charge in [0.15, 0.2) is 0 Å². The van der Waals surface area contributed by atoms with Crippen molar-refractivity contribution in [2.45, 2.75) is 36.8 Å². The first kappa shape index (κ1) is 31.1. The molecule has 51 heavy (non-hydrogen) atoms. The van der Waals surface area contributed by atoms with Gasteiger partial charge in [0.2, 0.25) is 0 Å². The van der Waals surface area contributed by atoms with Crippen molar-refractivity contribution in [3.05, 3.63) is 171 Å². The average Bonchev–Trinajstić information content (AvgIpc) is 3.87. The van der Waals surface area contributed by atoms with Crippen molar-refractivity contribution in [2.75, 3.05) is 0 Å². The van der Waals surface area contributed by atoms with Crippen molar-refractivity contribution in [2.24, 2.45) is 22.6 Å². The number of hydrogen-bond acceptors (Lipinski definition) is 6. The normalized spacial score (nSPS) is 22.1. The number of thiophene rings is 1. The van der Waals surface area contributed by atoms with Crippen LogP contribution in [0.25, 0.3) is 37.6 Å². The van der Waals surface area contributed by atoms with E-state index in [9.17, 15) is 0 Å². The quantitative estimate of drug-likeness (QED) is 0.129. The molecule has 0 amide bonds. The number of hydrogen-bond donors (Lipinski definition) is 2. The smallest absolute Gasteiger partial charge is 0.141 e. The molecule has 5 atom stereocenters. The highest BCUT2D eigenvalue weighted by Crippen LogP contribution is 2.49. The maximum atomic E-state index is 7.01. The van der Waals surface area contributed by atoms with Crippen LogP contribution in [0.2, 0.25) is 0 Å². The summed E-state index contributed by atoms with van der Waals surface area (Å²) in [6.07, 6.45) is 20.5. The Hall–Kier alpha value is -4.72. The van der Waals surface area contributed by atoms with Crippen LogP contribution in [-0.4, -0.2) is 11.5 Å². The van der Waals surface area contributed by atoms with Crippen molar-refractivity contribution in [1.29, 1.82) is 0 Å². The minimum Gasteiger partial charge on any atom is -0.456 e. The number of nitrogens with zero attached hydrogens (tertiary/aromatic N) is 1. The van der Waals surface area contributed by atoms with E-state index in [1.54, 1.807) is 0 Å². The van der Waals surface area contributed by atoms with Gasteiger partial charge in [0.05, 0.1) is 6.17 Å². The van der Waals surface area contributed by atoms with Gasteiger partial charge in [0, 0.05) is 49.2 Å². The van der Waals surface area contributed by atoms with Crippen LogP contribution < -0.4 is 11.1 Å². The maximum Gasteiger partial charge on any atom is 0.141 e. The Kier molecular flexibility index (Phi) is 7.79. The topological polar surface area (TPSA) is 63.5 Å². The summed E-state index contributed by atoms with van der Waals surface area (Å²) in [5.41, 5.74) is 16.2. The molecule has 10 rings (SSSR count). The molecule has 3 aliphatic carbocycles. The van der Waals surface area contributed by atoms with E-state index in [4.69, 9.17) is 15.1 Å². The van der Waals surface area contributed by atoms with Crippen molar-refractivity contribution >= 4 is 66.9 Å². The fraction of sp³-hybridized carbons (Fsp3) is 0.178. The van der Waals surface area contributed by atoms with E-state index in [2.05, 4.69) is 139 Å². The summed E-state index contributed by atoms with van der Waals surface area (Å²) >= 11 is 3.92. The number of nitrogens with two attached hydrogens (primary N) is 1. The molecule has 0 saturated carbocycles. The lowest BCUT2D eigenvalue weighted by Crippen LogP contribution is -2.32. The number of benzene rings is 4. The zero-order chi connectivity index (χ0) is 33.9. The highest BCUT2D eigenvalue weighted by atomic mass is 32.2. The molecule has 0 fully saturated rings. The van der Waals surface area contributed by atoms with Crippen LogP contribution >= 0.6 is 23.1 Å². The summed E-state index contributed by atoms with van der Waals surface area (Å²) in [5.74, 6) is 0.733. The zero-order valence-electron chi connectivity index (χ0n) is 28.0. The molecular formula is C45H37N3OS2. The molecule has 0 saturated heterocycles. The number of aliphatic imine (C=N–C) groups is 1. The lowest BCUT2D eigenvalue weighted by Gasteiger charge is -2.22. The molecule has 0 spiro atoms. The minimum atomic E-state index is -0.499. The van der Waals surface area contributed by atoms with Gasteiger partial charge >= 0.3 is 0 Å². The predicted molar refractivity (Wildman–Crippen MR) is 216 cm³/mol. The van der Waals surface area contributed by atoms with E-state index in [1.807, 2.05) is 29.2 Å². The lowest BCUT2D eigenvalue weighted by molar-refractivity contribution is 0.464. The van der Waals surface area contributed by atoms with E-state index < -0.39 is 6.17 Å². The van der Waals surface area contributed by atoms with E-state index in [-0.39, 0.29) is 12.1 Å². The van der Waals surface area contributed by atoms with Gasteiger partial charge in [-0.15, -0.1) is 23.1 Å². The SMILES string of the molecule is NC(NC(/N=C/C1C=CC2=C(C1)SC1C=CC=CC21)c1ccccc1)c1cccc2c1oc1ccc(C3=CCCc4c3sc3ccccc43)cc12. The molecule has 250 valence electrons. The van der Waals surface area contributed by atoms with Gasteiger partial charge in [-0.2, -0.15) is 0 Å². The number of aryl methyl sites for hydroxylation is 1. The van der Waals surface area contributed by atoms with Crippen molar-refractivity contribution in [3.8, 4) is 0 Å². The second kappa shape index (κ2) is 12.8. The van der Waals surface area contributed by atoms with Gasteiger partial charge in [-0.3, -0.25) is 10.3 Å². The van der Waals surface area contributed by atoms with Crippen LogP contribution in [0, 0.1) is 11.8 Å². The molecular weight excluding hydrogens is 663 g/mol. The number of thioether (sulfide) groups is 1. The van der Waals surface area contributed by atoms with E-state index >= 15 is 0 Å². The highest BCUT2D eigenvalue weighted by molar-refractivity contribution is 8.04. The second-order valence-electron chi connectivity index (χ2n) is 13.8. The molecule has 3 heterocycles. The zero-order valence-corrected chi connectivity index (χ0v) is 29.7. The van der Waals surface area contributed by atoms with Gasteiger partial charge in [-0.25, -0.2) is 0 Å². The third kappa shape index (κ3) is 5.49. The average molecular weight is 700 g/mol. The van der Waals surface area contributed by atoms with E-state index in [1.165, 1.54) is 42.1 Å². The van der Waals surface area contributed by atoms with Gasteiger partial charge in [-0.1, -0.05) is 115 Å². The predicted octanol–water partition coefficient (Wildman–Crippen LogP) is 11.2. The number of nitrogens with one attached hydrogen (secondary N) is 1. The molecule has 0 bridgehead atoms. The largest absolute Gasteiger partial charge is 0.456 e. The van der Waals surface area contributed by atoms with Crippen LogP contribution in [0.5, 0.6) is 0 Å². The summed E-state index contributed by atoms with van der Waals surface area (Å²) in [6.45, 7) is 0. The summed E-state index contributed by atoms with van der Waals surface area (Å²) in [5, 5.41) is 7.74. The number of para-hydroxylation sites is 1. The number of allylic oxidation sites excluding steroid dienone is 8. The van der Waals surface area contributed by atoms with Crippen molar-refractivity contribution < 1.29 is 4.42 Å². The number of rotatable bonds is 7. The van der Waals surface area contributed by atoms with Gasteiger partial charge in [0.1, 0.15) is 17.3 Å². The minimum absolute atomic E-state index is 0.240. The lowest BCUT2D eigenvalue weighted by atomic mass is 9.86. The molecule has 0 radical (unpaired) electrons. The molecule has 4 nitrogen and oxygen atoms in total. The van der Waals surface area contributed by atoms with Crippen molar-refractivity contribution in [1.82, 2.24) is 5.32 Å². The Labute approximate surface area is 305 Å². The number of fused-ring (bicyclic) bond motifs is 8. The Balaban J connectivity index is 0.940. The molecule has 6 heteroatoms. The van der Waals surface area contributed by atoms with Gasteiger partial charge < -0.3 is 10.2 Å². The molecule has 1 aliphatic heterocycles. The Morgan fingerprint density at radius 1 is 0.882 bits per heavy atom. The fourth-order valence-corrected chi connectivity index (χ4v) is 11.0. The molecule has 2 aromatic heterocycles. The third-order valence-electron chi connectivity index (χ3n) is 10.7. The van der Waals surface area contributed by atoms with E-state index in [0.717, 1.165) is 52.3 Å². The first-order valence-electron chi connectivity index (χ1n) is 17.9. The van der Waals surface area contributed by atoms with Crippen LogP contribution in [-0.2, 0) is 6.42 Å². The molecule has 4 aromatic carbocycles. The first-order valence-corrected chi connectivity index (χ1v) is 19.6. The molecule has 4 aliphatic rings. The second-order valence-corrected chi connectivity index (χ2v) is 16.2. The molecule has 6 aromatic rings. The van der Waals surface area contributed by atoms with Crippen LogP contribution in [0.4, 0.5) is 0 Å². The fourth-order valence-electron chi connectivity index (χ4n) is 8.20. The maximum absolute atomic E-state index is 7.01. The summed E-state index contributed by atoms with van der Waals surface area (Å²) in [7, 11) is 0. The van der Waals surface area contributed by atoms with Crippen molar-refractivity contribution in [3.63, 3.8) is 0 Å². The standard InChI is InChI=1S/C45H37N3OS2/c46-44(48-45(28-10-2-1-3-11-28)47-26-27-20-22-33-31-12-4-6-18-39(31)50-41(33)24-27)36-17-9-15-34-37-25-29(21-23-38(37)49-42(34)36)30-14-8-16-35-32-13-5-7-19-40(32)51-43(30)35/h1-7,9-15,17-23,25-27,31,39,44-45,48H,8,16,24,46H2/b47-26+. The third-order valence-corrected chi connectivity index (χ3v) is 13.4. The first-order chi connectivity index (χ1) is 25.2. The Bertz CT molecular complexity index is 2510. The summed E-state index contributed by atoms with van der Waals surface area (Å²) in [6, 6.07) is 32.1. The van der Waals surface area contributed by atoms with Gasteiger partial charge in [-0.05, 0) is 75.6 Å². The molecule has 3 N–H and O–H groups in total. The highest BCUT2D eigenvalue weighted by Gasteiger charge is 2.34. The molecule has 5 unspecified atom stereocenters. The van der Waals surface area contributed by atoms with Crippen LogP contribution in [0.15, 0.2) is 153 Å². The van der Waals surface area contributed by atoms with Gasteiger partial charge in [0.25, 0.3) is 0 Å². The van der Waals surface area contributed by atoms with Crippen LogP contribution in [0.3, 0.4) is 0 Å². The Morgan fingerprint density at radius 3 is 2.69 bits per heavy atom. The monoisotopic (exact) mass is 699 g/mol. The number of furan rings is 1. The van der Waals surface area contributed by atoms with E-state index in [0.29, 0.717) is 11.2 Å². The van der Waals surface area contributed by atoms with Crippen LogP contribution in [0.1, 0.15) is 52.3 Å².